The van der Waals surface area contributed by atoms with Crippen LogP contribution in [0.25, 0.3) is 0 Å². The van der Waals surface area contributed by atoms with Crippen LogP contribution in [0.5, 0.6) is 0 Å². The number of thiocarbonyl (C=S) groups is 1. The largest absolute Gasteiger partial charge is 0.349 e. The average Bonchev–Trinajstić information content (AvgIpc) is 3.39. The van der Waals surface area contributed by atoms with Gasteiger partial charge in [0.1, 0.15) is 0 Å². The molecule has 0 aliphatic carbocycles. The Kier molecular flexibility index (Phi) is 6.72. The molecule has 36 heavy (non-hydrogen) atoms. The second kappa shape index (κ2) is 9.81. The number of hydrogen-bond donors (Lipinski definition) is 1. The summed E-state index contributed by atoms with van der Waals surface area (Å²) in [5.41, 5.74) is 4.54. The molecule has 3 fully saturated rings. The summed E-state index contributed by atoms with van der Waals surface area (Å²) in [6.45, 7) is 7.50. The fourth-order valence-electron chi connectivity index (χ4n) is 6.30. The minimum atomic E-state index is -0.350. The number of piperidine rings is 1. The van der Waals surface area contributed by atoms with Gasteiger partial charge in [-0.05, 0) is 85.6 Å². The number of aryl methyl sites for hydroxylation is 2. The van der Waals surface area contributed by atoms with Crippen molar-refractivity contribution in [2.45, 2.75) is 45.6 Å². The molecule has 190 valence electrons. The number of nitrogens with zero attached hydrogens (tertiary/aromatic N) is 4. The molecular weight excluding hydrogens is 470 g/mol. The molecule has 4 heterocycles. The highest BCUT2D eigenvalue weighted by Crippen LogP contribution is 2.43. The van der Waals surface area contributed by atoms with Gasteiger partial charge in [-0.2, -0.15) is 0 Å². The maximum absolute atomic E-state index is 13.7. The summed E-state index contributed by atoms with van der Waals surface area (Å²) < 4.78 is 0. The number of hydrogen-bond acceptors (Lipinski definition) is 4. The quantitative estimate of drug-likeness (QED) is 0.638. The topological polar surface area (TPSA) is 68.8 Å². The second-order valence-corrected chi connectivity index (χ2v) is 11.2. The van der Waals surface area contributed by atoms with Crippen molar-refractivity contribution in [3.63, 3.8) is 0 Å². The van der Waals surface area contributed by atoms with Crippen molar-refractivity contribution in [1.29, 1.82) is 0 Å². The lowest BCUT2D eigenvalue weighted by Crippen LogP contribution is -2.46. The molecule has 0 saturated carbocycles. The van der Waals surface area contributed by atoms with Gasteiger partial charge < -0.3 is 20.0 Å². The van der Waals surface area contributed by atoms with E-state index in [0.717, 1.165) is 61.8 Å². The van der Waals surface area contributed by atoms with Crippen molar-refractivity contribution < 1.29 is 9.59 Å². The molecular formula is C28H35N5O2S. The van der Waals surface area contributed by atoms with Gasteiger partial charge in [0.2, 0.25) is 11.8 Å². The van der Waals surface area contributed by atoms with Crippen molar-refractivity contribution in [1.82, 2.24) is 19.7 Å². The first-order chi connectivity index (χ1) is 17.2. The Hall–Kier alpha value is -3.00. The normalized spacial score (nSPS) is 23.4. The van der Waals surface area contributed by atoms with E-state index in [4.69, 9.17) is 12.2 Å². The molecule has 7 nitrogen and oxygen atoms in total. The molecule has 1 aromatic heterocycles. The zero-order chi connectivity index (χ0) is 25.4. The van der Waals surface area contributed by atoms with Crippen molar-refractivity contribution in [3.8, 4) is 0 Å². The number of aromatic nitrogens is 1. The Balaban J connectivity index is 1.20. The lowest BCUT2D eigenvalue weighted by atomic mass is 9.78. The van der Waals surface area contributed by atoms with Crippen LogP contribution in [0.1, 0.15) is 48.4 Å². The van der Waals surface area contributed by atoms with Gasteiger partial charge in [-0.25, -0.2) is 0 Å². The number of anilines is 1. The van der Waals surface area contributed by atoms with Gasteiger partial charge in [0, 0.05) is 57.7 Å². The van der Waals surface area contributed by atoms with E-state index in [-0.39, 0.29) is 35.6 Å². The predicted molar refractivity (Wildman–Crippen MR) is 144 cm³/mol. The van der Waals surface area contributed by atoms with Crippen LogP contribution in [0, 0.1) is 25.2 Å². The van der Waals surface area contributed by atoms with Crippen LogP contribution in [0.4, 0.5) is 5.69 Å². The number of benzene rings is 1. The van der Waals surface area contributed by atoms with Gasteiger partial charge >= 0.3 is 0 Å². The zero-order valence-corrected chi connectivity index (χ0v) is 22.2. The van der Waals surface area contributed by atoms with E-state index in [0.29, 0.717) is 0 Å². The van der Waals surface area contributed by atoms with Crippen LogP contribution in [0.15, 0.2) is 42.7 Å². The molecule has 1 aromatic carbocycles. The van der Waals surface area contributed by atoms with E-state index < -0.39 is 0 Å². The fourth-order valence-corrected chi connectivity index (χ4v) is 6.60. The molecule has 2 unspecified atom stereocenters. The Morgan fingerprint density at radius 1 is 1.08 bits per heavy atom. The Morgan fingerprint density at radius 3 is 2.39 bits per heavy atom. The number of carbonyl (C=O) groups is 2. The summed E-state index contributed by atoms with van der Waals surface area (Å²) in [6.07, 6.45) is 6.80. The molecule has 0 radical (unpaired) electrons. The summed E-state index contributed by atoms with van der Waals surface area (Å²) >= 11 is 5.73. The van der Waals surface area contributed by atoms with Gasteiger partial charge in [-0.1, -0.05) is 12.1 Å². The molecule has 2 aromatic rings. The van der Waals surface area contributed by atoms with E-state index in [9.17, 15) is 9.59 Å². The third-order valence-corrected chi connectivity index (χ3v) is 8.62. The molecule has 3 aliphatic heterocycles. The summed E-state index contributed by atoms with van der Waals surface area (Å²) in [4.78, 5) is 36.4. The van der Waals surface area contributed by atoms with E-state index in [1.807, 2.05) is 17.0 Å². The lowest BCUT2D eigenvalue weighted by molar-refractivity contribution is -0.136. The van der Waals surface area contributed by atoms with Crippen LogP contribution in [0.2, 0.25) is 0 Å². The van der Waals surface area contributed by atoms with E-state index >= 15 is 0 Å². The standard InChI is InChI=1S/C28H35N5O2S/c1-19-13-20(2)15-22(14-19)30-27(36)32-10-6-28(7-11-32)8-12-33(18-28)26(35)23-16-24(34)31(3)25(23)21-5-4-9-29-17-21/h4-5,9,13-15,17,23,25H,6-8,10-12,16,18H2,1-3H3,(H,30,36). The molecule has 0 bridgehead atoms. The third-order valence-electron chi connectivity index (χ3n) is 8.26. The van der Waals surface area contributed by atoms with E-state index in [2.05, 4.69) is 47.2 Å². The molecule has 3 aliphatic rings. The van der Waals surface area contributed by atoms with Crippen LogP contribution in [0.3, 0.4) is 0 Å². The Bertz CT molecular complexity index is 1140. The van der Waals surface area contributed by atoms with Crippen LogP contribution in [-0.4, -0.2) is 69.8 Å². The number of nitrogens with one attached hydrogen (secondary N) is 1. The predicted octanol–water partition coefficient (Wildman–Crippen LogP) is 3.93. The van der Waals surface area contributed by atoms with E-state index in [1.54, 1.807) is 24.3 Å². The van der Waals surface area contributed by atoms with Crippen LogP contribution < -0.4 is 5.32 Å². The maximum Gasteiger partial charge on any atom is 0.228 e. The molecule has 2 amide bonds. The molecule has 8 heteroatoms. The van der Waals surface area contributed by atoms with Gasteiger partial charge in [0.05, 0.1) is 12.0 Å². The average molecular weight is 506 g/mol. The number of carbonyl (C=O) groups excluding carboxylic acids is 2. The Morgan fingerprint density at radius 2 is 1.75 bits per heavy atom. The minimum absolute atomic E-state index is 0.0224. The van der Waals surface area contributed by atoms with Crippen LogP contribution in [-0.2, 0) is 9.59 Å². The number of pyridine rings is 1. The summed E-state index contributed by atoms with van der Waals surface area (Å²) in [7, 11) is 1.80. The highest BCUT2D eigenvalue weighted by molar-refractivity contribution is 7.80. The zero-order valence-electron chi connectivity index (χ0n) is 21.4. The first-order valence-electron chi connectivity index (χ1n) is 12.8. The SMILES string of the molecule is Cc1cc(C)cc(NC(=S)N2CCC3(CCN(C(=O)C4CC(=O)N(C)C4c4cccnc4)C3)CC2)c1. The Labute approximate surface area is 218 Å². The monoisotopic (exact) mass is 505 g/mol. The second-order valence-electron chi connectivity index (χ2n) is 10.8. The minimum Gasteiger partial charge on any atom is -0.349 e. The number of amides is 2. The van der Waals surface area contributed by atoms with Crippen molar-refractivity contribution in [3.05, 3.63) is 59.4 Å². The highest BCUT2D eigenvalue weighted by atomic mass is 32.1. The van der Waals surface area contributed by atoms with Crippen molar-refractivity contribution in [2.75, 3.05) is 38.5 Å². The first-order valence-corrected chi connectivity index (χ1v) is 13.2. The molecule has 3 saturated heterocycles. The maximum atomic E-state index is 13.7. The number of likely N-dealkylation sites (tertiary alicyclic amines) is 3. The van der Waals surface area contributed by atoms with E-state index in [1.165, 1.54) is 11.1 Å². The van der Waals surface area contributed by atoms with Gasteiger partial charge in [-0.3, -0.25) is 14.6 Å². The van der Waals surface area contributed by atoms with Gasteiger partial charge in [0.25, 0.3) is 0 Å². The van der Waals surface area contributed by atoms with Gasteiger partial charge in [-0.15, -0.1) is 0 Å². The lowest BCUT2D eigenvalue weighted by Gasteiger charge is -2.40. The van der Waals surface area contributed by atoms with Gasteiger partial charge in [0.15, 0.2) is 5.11 Å². The molecule has 1 spiro atoms. The van der Waals surface area contributed by atoms with Crippen molar-refractivity contribution >= 4 is 34.8 Å². The third kappa shape index (κ3) is 4.83. The molecule has 2 atom stereocenters. The fraction of sp³-hybridized carbons (Fsp3) is 0.500. The van der Waals surface area contributed by atoms with Crippen LogP contribution >= 0.6 is 12.2 Å². The first kappa shape index (κ1) is 24.7. The molecule has 1 N–H and O–H groups in total. The summed E-state index contributed by atoms with van der Waals surface area (Å²) in [5, 5.41) is 4.19. The summed E-state index contributed by atoms with van der Waals surface area (Å²) in [5.74, 6) is -0.224. The molecule has 5 rings (SSSR count). The highest BCUT2D eigenvalue weighted by Gasteiger charge is 2.48. The number of rotatable bonds is 3. The smallest absolute Gasteiger partial charge is 0.228 e. The summed E-state index contributed by atoms with van der Waals surface area (Å²) in [6, 6.07) is 9.98. The van der Waals surface area contributed by atoms with Crippen molar-refractivity contribution in [2.24, 2.45) is 11.3 Å².